The molecule has 2 saturated carbocycles. The van der Waals surface area contributed by atoms with Crippen LogP contribution >= 0.6 is 0 Å². The number of primary sulfonamides is 1. The number of sulfonamides is 1. The predicted molar refractivity (Wildman–Crippen MR) is 37.7 cm³/mol. The summed E-state index contributed by atoms with van der Waals surface area (Å²) in [6, 6.07) is 0. The highest BCUT2D eigenvalue weighted by Crippen LogP contribution is 2.70. The van der Waals surface area contributed by atoms with Gasteiger partial charge in [0.25, 0.3) is 0 Å². The van der Waals surface area contributed by atoms with Gasteiger partial charge >= 0.3 is 0 Å². The zero-order valence-corrected chi connectivity index (χ0v) is 6.52. The number of hydrogen-bond acceptors (Lipinski definition) is 2. The summed E-state index contributed by atoms with van der Waals surface area (Å²) in [5, 5.41) is 4.90. The lowest BCUT2D eigenvalue weighted by Gasteiger charge is -1.92. The quantitative estimate of drug-likeness (QED) is 0.623. The second-order valence-corrected chi connectivity index (χ2v) is 5.25. The molecule has 0 aromatic rings. The summed E-state index contributed by atoms with van der Waals surface area (Å²) in [7, 11) is -3.19. The molecule has 2 rings (SSSR count). The Morgan fingerprint density at radius 2 is 2.10 bits per heavy atom. The molecule has 0 amide bonds. The summed E-state index contributed by atoms with van der Waals surface area (Å²) >= 11 is 0. The van der Waals surface area contributed by atoms with Gasteiger partial charge in [0.15, 0.2) is 0 Å². The summed E-state index contributed by atoms with van der Waals surface area (Å²) in [6.07, 6.45) is 3.56. The van der Waals surface area contributed by atoms with Gasteiger partial charge in [0.2, 0.25) is 10.0 Å². The van der Waals surface area contributed by atoms with Crippen LogP contribution in [0.25, 0.3) is 0 Å². The molecule has 2 aliphatic rings. The van der Waals surface area contributed by atoms with Crippen LogP contribution in [0.2, 0.25) is 0 Å². The summed E-state index contributed by atoms with van der Waals surface area (Å²) in [4.78, 5) is 0. The topological polar surface area (TPSA) is 60.2 Å². The highest BCUT2D eigenvalue weighted by molar-refractivity contribution is 7.89. The van der Waals surface area contributed by atoms with E-state index in [1.54, 1.807) is 0 Å². The molecular weight excluding hydrogens is 150 g/mol. The standard InChI is InChI=1S/C6H11NO2S/c7-10(8,9)4-5-3-6(5)1-2-6/h5H,1-4H2,(H2,7,8,9). The van der Waals surface area contributed by atoms with Crippen molar-refractivity contribution in [1.29, 1.82) is 0 Å². The first-order valence-electron chi connectivity index (χ1n) is 3.52. The molecule has 2 N–H and O–H groups in total. The highest BCUT2D eigenvalue weighted by atomic mass is 32.2. The minimum atomic E-state index is -3.19. The van der Waals surface area contributed by atoms with Crippen LogP contribution in [-0.4, -0.2) is 14.2 Å². The van der Waals surface area contributed by atoms with E-state index < -0.39 is 10.0 Å². The van der Waals surface area contributed by atoms with Crippen molar-refractivity contribution in [2.24, 2.45) is 16.5 Å². The van der Waals surface area contributed by atoms with Crippen molar-refractivity contribution >= 4 is 10.0 Å². The van der Waals surface area contributed by atoms with E-state index in [0.717, 1.165) is 6.42 Å². The van der Waals surface area contributed by atoms with E-state index in [1.807, 2.05) is 0 Å². The van der Waals surface area contributed by atoms with Crippen molar-refractivity contribution in [2.75, 3.05) is 5.75 Å². The molecule has 2 fully saturated rings. The second-order valence-electron chi connectivity index (χ2n) is 3.59. The molecule has 1 atom stereocenters. The van der Waals surface area contributed by atoms with Gasteiger partial charge < -0.3 is 0 Å². The number of rotatable bonds is 2. The molecule has 3 nitrogen and oxygen atoms in total. The van der Waals surface area contributed by atoms with Crippen LogP contribution in [-0.2, 0) is 10.0 Å². The molecule has 0 radical (unpaired) electrons. The molecule has 10 heavy (non-hydrogen) atoms. The van der Waals surface area contributed by atoms with Gasteiger partial charge in [0.05, 0.1) is 5.75 Å². The Labute approximate surface area is 60.7 Å². The third-order valence-electron chi connectivity index (χ3n) is 2.68. The maximum Gasteiger partial charge on any atom is 0.209 e. The molecule has 58 valence electrons. The highest BCUT2D eigenvalue weighted by Gasteiger charge is 2.63. The molecule has 0 aromatic heterocycles. The van der Waals surface area contributed by atoms with Crippen molar-refractivity contribution < 1.29 is 8.42 Å². The second kappa shape index (κ2) is 1.56. The van der Waals surface area contributed by atoms with E-state index in [4.69, 9.17) is 5.14 Å². The Bertz CT molecular complexity index is 253. The van der Waals surface area contributed by atoms with Gasteiger partial charge in [-0.1, -0.05) is 0 Å². The molecule has 1 spiro atoms. The fourth-order valence-electron chi connectivity index (χ4n) is 1.72. The average Bonchev–Trinajstić information content (AvgIpc) is 2.50. The smallest absolute Gasteiger partial charge is 0.209 e. The van der Waals surface area contributed by atoms with Crippen molar-refractivity contribution in [3.05, 3.63) is 0 Å². The van der Waals surface area contributed by atoms with E-state index >= 15 is 0 Å². The molecule has 0 heterocycles. The normalized spacial score (nSPS) is 34.3. The molecule has 0 bridgehead atoms. The van der Waals surface area contributed by atoms with E-state index in [1.165, 1.54) is 12.8 Å². The van der Waals surface area contributed by atoms with E-state index in [9.17, 15) is 8.42 Å². The van der Waals surface area contributed by atoms with Crippen LogP contribution in [0.3, 0.4) is 0 Å². The Morgan fingerprint density at radius 1 is 1.50 bits per heavy atom. The van der Waals surface area contributed by atoms with Gasteiger partial charge in [-0.15, -0.1) is 0 Å². The van der Waals surface area contributed by atoms with E-state index in [2.05, 4.69) is 0 Å². The first kappa shape index (κ1) is 6.61. The van der Waals surface area contributed by atoms with Crippen molar-refractivity contribution in [2.45, 2.75) is 19.3 Å². The Balaban J connectivity index is 1.95. The molecule has 1 unspecified atom stereocenters. The predicted octanol–water partition coefficient (Wildman–Crippen LogP) is 0.0750. The van der Waals surface area contributed by atoms with E-state index in [0.29, 0.717) is 11.3 Å². The first-order valence-corrected chi connectivity index (χ1v) is 5.24. The van der Waals surface area contributed by atoms with Gasteiger partial charge in [0.1, 0.15) is 0 Å². The summed E-state index contributed by atoms with van der Waals surface area (Å²) in [6.45, 7) is 0. The maximum atomic E-state index is 10.6. The third-order valence-corrected chi connectivity index (χ3v) is 3.55. The molecular formula is C6H11NO2S. The molecule has 0 aliphatic heterocycles. The summed E-state index contributed by atoms with van der Waals surface area (Å²) in [5.74, 6) is 0.620. The van der Waals surface area contributed by atoms with Crippen LogP contribution in [0.4, 0.5) is 0 Å². The maximum absolute atomic E-state index is 10.6. The summed E-state index contributed by atoms with van der Waals surface area (Å²) < 4.78 is 21.2. The Morgan fingerprint density at radius 3 is 2.40 bits per heavy atom. The first-order chi connectivity index (χ1) is 4.52. The monoisotopic (exact) mass is 161 g/mol. The molecule has 4 heteroatoms. The zero-order valence-electron chi connectivity index (χ0n) is 5.71. The van der Waals surface area contributed by atoms with Gasteiger partial charge in [-0.25, -0.2) is 13.6 Å². The average molecular weight is 161 g/mol. The van der Waals surface area contributed by atoms with Crippen LogP contribution < -0.4 is 5.14 Å². The fraction of sp³-hybridized carbons (Fsp3) is 1.00. The van der Waals surface area contributed by atoms with Gasteiger partial charge in [-0.2, -0.15) is 0 Å². The van der Waals surface area contributed by atoms with E-state index in [-0.39, 0.29) is 5.75 Å². The summed E-state index contributed by atoms with van der Waals surface area (Å²) in [5.41, 5.74) is 0.465. The lowest BCUT2D eigenvalue weighted by Crippen LogP contribution is -2.18. The van der Waals surface area contributed by atoms with Crippen molar-refractivity contribution in [3.8, 4) is 0 Å². The third kappa shape index (κ3) is 1.06. The van der Waals surface area contributed by atoms with Crippen LogP contribution in [0.5, 0.6) is 0 Å². The molecule has 0 aromatic carbocycles. The zero-order chi connectivity index (χ0) is 7.41. The Kier molecular flexibility index (Phi) is 1.03. The molecule has 0 saturated heterocycles. The van der Waals surface area contributed by atoms with Crippen LogP contribution in [0, 0.1) is 11.3 Å². The van der Waals surface area contributed by atoms with Gasteiger partial charge in [-0.05, 0) is 30.6 Å². The number of nitrogens with two attached hydrogens (primary N) is 1. The van der Waals surface area contributed by atoms with Crippen molar-refractivity contribution in [3.63, 3.8) is 0 Å². The Hall–Kier alpha value is -0.0900. The molecule has 2 aliphatic carbocycles. The minimum absolute atomic E-state index is 0.215. The van der Waals surface area contributed by atoms with Gasteiger partial charge in [-0.3, -0.25) is 0 Å². The lowest BCUT2D eigenvalue weighted by atomic mass is 10.3. The van der Waals surface area contributed by atoms with Crippen molar-refractivity contribution in [1.82, 2.24) is 0 Å². The largest absolute Gasteiger partial charge is 0.229 e. The van der Waals surface area contributed by atoms with Crippen LogP contribution in [0.15, 0.2) is 0 Å². The minimum Gasteiger partial charge on any atom is -0.229 e. The van der Waals surface area contributed by atoms with Gasteiger partial charge in [0, 0.05) is 0 Å². The SMILES string of the molecule is NS(=O)(=O)CC1CC12CC2. The fourth-order valence-corrected chi connectivity index (χ4v) is 2.75. The lowest BCUT2D eigenvalue weighted by molar-refractivity contribution is 0.590. The number of hydrogen-bond donors (Lipinski definition) is 1. The van der Waals surface area contributed by atoms with Crippen LogP contribution in [0.1, 0.15) is 19.3 Å².